The lowest BCUT2D eigenvalue weighted by Crippen LogP contribution is -2.50. The summed E-state index contributed by atoms with van der Waals surface area (Å²) in [5.41, 5.74) is 2.33. The Labute approximate surface area is 185 Å². The van der Waals surface area contributed by atoms with Gasteiger partial charge < -0.3 is 10.2 Å². The number of benzene rings is 3. The molecule has 1 N–H and O–H groups in total. The minimum absolute atomic E-state index is 0.0296. The smallest absolute Gasteiger partial charge is 0.242 e. The molecule has 3 aromatic carbocycles. The average molecular weight is 417 g/mol. The molecule has 0 fully saturated rings. The SMILES string of the molecule is CCNC(=O)[C@H](CC)N(CCc1ccccc1)C(=O)CCc1cccc2ccccc12. The Morgan fingerprint density at radius 1 is 0.871 bits per heavy atom. The first-order chi connectivity index (χ1) is 15.1. The molecule has 0 spiro atoms. The first-order valence-electron chi connectivity index (χ1n) is 11.2. The Kier molecular flexibility index (Phi) is 8.22. The van der Waals surface area contributed by atoms with E-state index in [1.807, 2.05) is 50.2 Å². The van der Waals surface area contributed by atoms with Crippen LogP contribution in [0.1, 0.15) is 37.8 Å². The highest BCUT2D eigenvalue weighted by atomic mass is 16.2. The quantitative estimate of drug-likeness (QED) is 0.518. The number of carbonyl (C=O) groups excluding carboxylic acids is 2. The van der Waals surface area contributed by atoms with Crippen LogP contribution >= 0.6 is 0 Å². The zero-order valence-corrected chi connectivity index (χ0v) is 18.5. The summed E-state index contributed by atoms with van der Waals surface area (Å²) in [4.78, 5) is 27.8. The van der Waals surface area contributed by atoms with Gasteiger partial charge >= 0.3 is 0 Å². The number of rotatable bonds is 10. The second kappa shape index (κ2) is 11.3. The number of amides is 2. The molecule has 0 heterocycles. The van der Waals surface area contributed by atoms with E-state index in [9.17, 15) is 9.59 Å². The van der Waals surface area contributed by atoms with Crippen LogP contribution in [0.4, 0.5) is 0 Å². The van der Waals surface area contributed by atoms with Gasteiger partial charge in [-0.25, -0.2) is 0 Å². The van der Waals surface area contributed by atoms with Gasteiger partial charge in [0.05, 0.1) is 0 Å². The van der Waals surface area contributed by atoms with E-state index in [1.54, 1.807) is 4.90 Å². The molecule has 0 aliphatic rings. The number of hydrogen-bond acceptors (Lipinski definition) is 2. The van der Waals surface area contributed by atoms with Crippen LogP contribution in [-0.2, 0) is 22.4 Å². The van der Waals surface area contributed by atoms with E-state index >= 15 is 0 Å². The zero-order valence-electron chi connectivity index (χ0n) is 18.5. The molecule has 0 bridgehead atoms. The minimum atomic E-state index is -0.441. The number of fused-ring (bicyclic) bond motifs is 1. The lowest BCUT2D eigenvalue weighted by molar-refractivity contribution is -0.140. The van der Waals surface area contributed by atoms with Crippen molar-refractivity contribution in [1.82, 2.24) is 10.2 Å². The third-order valence-corrected chi connectivity index (χ3v) is 5.71. The Hall–Kier alpha value is -3.14. The molecule has 3 aromatic rings. The predicted octanol–water partition coefficient (Wildman–Crippen LogP) is 4.76. The van der Waals surface area contributed by atoms with Gasteiger partial charge in [-0.15, -0.1) is 0 Å². The Bertz CT molecular complexity index is 995. The van der Waals surface area contributed by atoms with E-state index in [4.69, 9.17) is 0 Å². The maximum absolute atomic E-state index is 13.3. The van der Waals surface area contributed by atoms with Gasteiger partial charge in [0, 0.05) is 19.5 Å². The van der Waals surface area contributed by atoms with Crippen molar-refractivity contribution in [1.29, 1.82) is 0 Å². The molecule has 0 aliphatic carbocycles. The number of likely N-dealkylation sites (N-methyl/N-ethyl adjacent to an activating group) is 1. The van der Waals surface area contributed by atoms with E-state index in [-0.39, 0.29) is 11.8 Å². The summed E-state index contributed by atoms with van der Waals surface area (Å²) in [7, 11) is 0. The molecule has 0 aliphatic heterocycles. The third kappa shape index (κ3) is 5.94. The van der Waals surface area contributed by atoms with Crippen LogP contribution < -0.4 is 5.32 Å². The van der Waals surface area contributed by atoms with Crippen molar-refractivity contribution >= 4 is 22.6 Å². The molecule has 162 valence electrons. The van der Waals surface area contributed by atoms with Gasteiger partial charge in [-0.3, -0.25) is 9.59 Å². The Morgan fingerprint density at radius 3 is 2.32 bits per heavy atom. The van der Waals surface area contributed by atoms with Crippen molar-refractivity contribution < 1.29 is 9.59 Å². The molecule has 0 radical (unpaired) electrons. The third-order valence-electron chi connectivity index (χ3n) is 5.71. The molecule has 0 saturated heterocycles. The summed E-state index contributed by atoms with van der Waals surface area (Å²) in [6, 6.07) is 24.1. The van der Waals surface area contributed by atoms with Crippen molar-refractivity contribution in [3.8, 4) is 0 Å². The van der Waals surface area contributed by atoms with Gasteiger partial charge in [0.1, 0.15) is 6.04 Å². The van der Waals surface area contributed by atoms with E-state index in [1.165, 1.54) is 21.9 Å². The first-order valence-corrected chi connectivity index (χ1v) is 11.2. The van der Waals surface area contributed by atoms with Crippen LogP contribution in [0.5, 0.6) is 0 Å². The van der Waals surface area contributed by atoms with Crippen LogP contribution in [0.3, 0.4) is 0 Å². The highest BCUT2D eigenvalue weighted by Crippen LogP contribution is 2.20. The number of hydrogen-bond donors (Lipinski definition) is 1. The van der Waals surface area contributed by atoms with Crippen molar-refractivity contribution in [2.45, 2.75) is 45.6 Å². The van der Waals surface area contributed by atoms with Crippen molar-refractivity contribution in [2.75, 3.05) is 13.1 Å². The predicted molar refractivity (Wildman–Crippen MR) is 127 cm³/mol. The second-order valence-electron chi connectivity index (χ2n) is 7.78. The van der Waals surface area contributed by atoms with E-state index in [2.05, 4.69) is 41.7 Å². The molecule has 2 amide bonds. The lowest BCUT2D eigenvalue weighted by atomic mass is 10.00. The Morgan fingerprint density at radius 2 is 1.58 bits per heavy atom. The van der Waals surface area contributed by atoms with Crippen molar-refractivity contribution in [3.05, 3.63) is 83.9 Å². The van der Waals surface area contributed by atoms with Crippen LogP contribution in [0.15, 0.2) is 72.8 Å². The van der Waals surface area contributed by atoms with E-state index in [0.29, 0.717) is 32.4 Å². The summed E-state index contributed by atoms with van der Waals surface area (Å²) in [5.74, 6) is -0.0430. The highest BCUT2D eigenvalue weighted by molar-refractivity contribution is 5.89. The number of carbonyl (C=O) groups is 2. The Balaban J connectivity index is 1.76. The van der Waals surface area contributed by atoms with Gasteiger partial charge in [-0.05, 0) is 48.1 Å². The fraction of sp³-hybridized carbons (Fsp3) is 0.333. The van der Waals surface area contributed by atoms with Crippen LogP contribution in [0, 0.1) is 0 Å². The summed E-state index contributed by atoms with van der Waals surface area (Å²) in [6.07, 6.45) is 2.38. The molecule has 31 heavy (non-hydrogen) atoms. The molecule has 4 heteroatoms. The molecule has 3 rings (SSSR count). The summed E-state index contributed by atoms with van der Waals surface area (Å²) < 4.78 is 0. The van der Waals surface area contributed by atoms with Crippen LogP contribution in [0.2, 0.25) is 0 Å². The first kappa shape index (κ1) is 22.5. The van der Waals surface area contributed by atoms with Gasteiger partial charge in [0.25, 0.3) is 0 Å². The average Bonchev–Trinajstić information content (AvgIpc) is 2.81. The maximum atomic E-state index is 13.3. The monoisotopic (exact) mass is 416 g/mol. The molecular weight excluding hydrogens is 384 g/mol. The van der Waals surface area contributed by atoms with Gasteiger partial charge in [-0.1, -0.05) is 79.7 Å². The fourth-order valence-electron chi connectivity index (χ4n) is 4.08. The van der Waals surface area contributed by atoms with Crippen molar-refractivity contribution in [2.24, 2.45) is 0 Å². The minimum Gasteiger partial charge on any atom is -0.355 e. The molecule has 1 atom stereocenters. The zero-order chi connectivity index (χ0) is 22.1. The molecule has 0 unspecified atom stereocenters. The molecular formula is C27H32N2O2. The van der Waals surface area contributed by atoms with Crippen LogP contribution in [-0.4, -0.2) is 35.8 Å². The van der Waals surface area contributed by atoms with E-state index in [0.717, 1.165) is 6.42 Å². The molecule has 0 aromatic heterocycles. The number of nitrogens with zero attached hydrogens (tertiary/aromatic N) is 1. The fourth-order valence-corrected chi connectivity index (χ4v) is 4.08. The maximum Gasteiger partial charge on any atom is 0.242 e. The molecule has 4 nitrogen and oxygen atoms in total. The van der Waals surface area contributed by atoms with Gasteiger partial charge in [0.15, 0.2) is 0 Å². The molecule has 0 saturated carbocycles. The standard InChI is InChI=1S/C27H32N2O2/c1-3-25(27(31)28-4-2)29(20-19-21-11-6-5-7-12-21)26(30)18-17-23-15-10-14-22-13-8-9-16-24(22)23/h5-16,25H,3-4,17-20H2,1-2H3,(H,28,31)/t25-/m0/s1. The van der Waals surface area contributed by atoms with Gasteiger partial charge in [0.2, 0.25) is 11.8 Å². The number of nitrogens with one attached hydrogen (secondary N) is 1. The topological polar surface area (TPSA) is 49.4 Å². The largest absolute Gasteiger partial charge is 0.355 e. The summed E-state index contributed by atoms with van der Waals surface area (Å²) in [6.45, 7) is 4.97. The van der Waals surface area contributed by atoms with Gasteiger partial charge in [-0.2, -0.15) is 0 Å². The van der Waals surface area contributed by atoms with E-state index < -0.39 is 6.04 Å². The lowest BCUT2D eigenvalue weighted by Gasteiger charge is -2.30. The summed E-state index contributed by atoms with van der Waals surface area (Å²) in [5, 5.41) is 5.26. The van der Waals surface area contributed by atoms with Crippen LogP contribution in [0.25, 0.3) is 10.8 Å². The normalized spacial score (nSPS) is 11.8. The van der Waals surface area contributed by atoms with Crippen molar-refractivity contribution in [3.63, 3.8) is 0 Å². The number of aryl methyl sites for hydroxylation is 1. The second-order valence-corrected chi connectivity index (χ2v) is 7.78. The highest BCUT2D eigenvalue weighted by Gasteiger charge is 2.27. The summed E-state index contributed by atoms with van der Waals surface area (Å²) >= 11 is 0.